The van der Waals surface area contributed by atoms with Crippen molar-refractivity contribution in [1.82, 2.24) is 20.1 Å². The summed E-state index contributed by atoms with van der Waals surface area (Å²) in [5, 5.41) is 10.3. The number of aromatic nitrogens is 3. The molecule has 3 rings (SSSR count). The third kappa shape index (κ3) is 5.82. The van der Waals surface area contributed by atoms with E-state index in [-0.39, 0.29) is 30.7 Å². The van der Waals surface area contributed by atoms with Crippen molar-refractivity contribution in [1.29, 1.82) is 0 Å². The Balaban J connectivity index is 0.00000132. The van der Waals surface area contributed by atoms with Crippen molar-refractivity contribution >= 4 is 36.4 Å². The molecule has 0 radical (unpaired) electrons. The molecular weight excluding hydrogens is 337 g/mol. The zero-order valence-corrected chi connectivity index (χ0v) is 14.3. The van der Waals surface area contributed by atoms with Crippen molar-refractivity contribution < 1.29 is 4.79 Å². The fraction of sp³-hybridized carbons (Fsp3) is 0.400. The van der Waals surface area contributed by atoms with Gasteiger partial charge in [0.2, 0.25) is 5.91 Å². The highest BCUT2D eigenvalue weighted by Gasteiger charge is 2.17. The smallest absolute Gasteiger partial charge is 0.224 e. The van der Waals surface area contributed by atoms with Gasteiger partial charge in [-0.15, -0.1) is 24.8 Å². The SMILES string of the molecule is Cl.Cl.O=C(CC1CCNC1)Nc1ccc(Cn2cncn2)cc1. The van der Waals surface area contributed by atoms with Gasteiger partial charge in [-0.25, -0.2) is 9.67 Å². The second-order valence-electron chi connectivity index (χ2n) is 5.40. The Morgan fingerprint density at radius 3 is 2.70 bits per heavy atom. The zero-order chi connectivity index (χ0) is 14.5. The quantitative estimate of drug-likeness (QED) is 0.859. The molecule has 1 unspecified atom stereocenters. The Labute approximate surface area is 147 Å². The highest BCUT2D eigenvalue weighted by atomic mass is 35.5. The molecule has 2 N–H and O–H groups in total. The molecule has 1 fully saturated rings. The highest BCUT2D eigenvalue weighted by Crippen LogP contribution is 2.15. The molecule has 1 aromatic carbocycles. The van der Waals surface area contributed by atoms with Crippen molar-refractivity contribution in [2.24, 2.45) is 5.92 Å². The third-order valence-corrected chi connectivity index (χ3v) is 3.69. The lowest BCUT2D eigenvalue weighted by molar-refractivity contribution is -0.116. The summed E-state index contributed by atoms with van der Waals surface area (Å²) in [6.45, 7) is 2.65. The van der Waals surface area contributed by atoms with Crippen molar-refractivity contribution in [2.75, 3.05) is 18.4 Å². The maximum Gasteiger partial charge on any atom is 0.224 e. The second-order valence-corrected chi connectivity index (χ2v) is 5.40. The number of anilines is 1. The van der Waals surface area contributed by atoms with Gasteiger partial charge in [0, 0.05) is 12.1 Å². The zero-order valence-electron chi connectivity index (χ0n) is 12.6. The number of rotatable bonds is 5. The first-order chi connectivity index (χ1) is 10.3. The Morgan fingerprint density at radius 2 is 2.09 bits per heavy atom. The van der Waals surface area contributed by atoms with E-state index in [1.165, 1.54) is 6.33 Å². The van der Waals surface area contributed by atoms with E-state index >= 15 is 0 Å². The minimum Gasteiger partial charge on any atom is -0.326 e. The van der Waals surface area contributed by atoms with Crippen molar-refractivity contribution in [3.8, 4) is 0 Å². The van der Waals surface area contributed by atoms with Gasteiger partial charge in [0.25, 0.3) is 0 Å². The Kier molecular flexibility index (Phi) is 8.02. The predicted octanol–water partition coefficient (Wildman–Crippen LogP) is 2.11. The molecule has 2 heterocycles. The number of carbonyl (C=O) groups excluding carboxylic acids is 1. The number of benzene rings is 1. The maximum atomic E-state index is 11.9. The lowest BCUT2D eigenvalue weighted by Crippen LogP contribution is -2.18. The summed E-state index contributed by atoms with van der Waals surface area (Å²) in [6, 6.07) is 7.84. The minimum atomic E-state index is 0. The fourth-order valence-corrected chi connectivity index (χ4v) is 2.56. The largest absolute Gasteiger partial charge is 0.326 e. The summed E-state index contributed by atoms with van der Waals surface area (Å²) >= 11 is 0. The number of carbonyl (C=O) groups is 1. The molecule has 0 aliphatic carbocycles. The lowest BCUT2D eigenvalue weighted by atomic mass is 10.0. The van der Waals surface area contributed by atoms with Crippen LogP contribution in [0.3, 0.4) is 0 Å². The summed E-state index contributed by atoms with van der Waals surface area (Å²) in [6.07, 6.45) is 4.88. The van der Waals surface area contributed by atoms with Crippen LogP contribution >= 0.6 is 24.8 Å². The Hall–Kier alpha value is -1.63. The van der Waals surface area contributed by atoms with E-state index in [2.05, 4.69) is 20.7 Å². The first-order valence-corrected chi connectivity index (χ1v) is 7.21. The predicted molar refractivity (Wildman–Crippen MR) is 94.3 cm³/mol. The third-order valence-electron chi connectivity index (χ3n) is 3.69. The van der Waals surface area contributed by atoms with Crippen LogP contribution in [-0.4, -0.2) is 33.8 Å². The summed E-state index contributed by atoms with van der Waals surface area (Å²) < 4.78 is 1.76. The van der Waals surface area contributed by atoms with Gasteiger partial charge in [-0.3, -0.25) is 4.79 Å². The van der Waals surface area contributed by atoms with Crippen LogP contribution in [0, 0.1) is 5.92 Å². The van der Waals surface area contributed by atoms with Crippen LogP contribution in [0.15, 0.2) is 36.9 Å². The van der Waals surface area contributed by atoms with Gasteiger partial charge < -0.3 is 10.6 Å². The molecule has 23 heavy (non-hydrogen) atoms. The van der Waals surface area contributed by atoms with Gasteiger partial charge in [0.05, 0.1) is 6.54 Å². The average Bonchev–Trinajstić information content (AvgIpc) is 3.14. The number of hydrogen-bond donors (Lipinski definition) is 2. The van der Waals surface area contributed by atoms with Gasteiger partial charge >= 0.3 is 0 Å². The van der Waals surface area contributed by atoms with E-state index in [1.54, 1.807) is 11.0 Å². The highest BCUT2D eigenvalue weighted by molar-refractivity contribution is 5.90. The molecule has 1 aromatic heterocycles. The van der Waals surface area contributed by atoms with Gasteiger partial charge in [-0.05, 0) is 43.1 Å². The van der Waals surface area contributed by atoms with E-state index in [9.17, 15) is 4.79 Å². The lowest BCUT2D eigenvalue weighted by Gasteiger charge is -2.09. The van der Waals surface area contributed by atoms with Crippen LogP contribution < -0.4 is 10.6 Å². The molecule has 2 aromatic rings. The van der Waals surface area contributed by atoms with Crippen molar-refractivity contribution in [2.45, 2.75) is 19.4 Å². The van der Waals surface area contributed by atoms with E-state index in [0.29, 0.717) is 18.9 Å². The molecule has 0 saturated carbocycles. The maximum absolute atomic E-state index is 11.9. The van der Waals surface area contributed by atoms with Gasteiger partial charge in [-0.2, -0.15) is 5.10 Å². The number of amides is 1. The molecule has 8 heteroatoms. The molecule has 0 bridgehead atoms. The summed E-state index contributed by atoms with van der Waals surface area (Å²) in [7, 11) is 0. The van der Waals surface area contributed by atoms with Crippen LogP contribution in [0.1, 0.15) is 18.4 Å². The first-order valence-electron chi connectivity index (χ1n) is 7.21. The molecule has 1 aliphatic heterocycles. The van der Waals surface area contributed by atoms with E-state index in [4.69, 9.17) is 0 Å². The molecule has 1 aliphatic rings. The Bertz CT molecular complexity index is 582. The summed E-state index contributed by atoms with van der Waals surface area (Å²) in [4.78, 5) is 15.9. The molecule has 1 saturated heterocycles. The normalized spacial score (nSPS) is 16.3. The standard InChI is InChI=1S/C15H19N5O.2ClH/c21-15(7-13-5-6-16-8-13)19-14-3-1-12(2-4-14)9-20-11-17-10-18-20;;/h1-4,10-11,13,16H,5-9H2,(H,19,21);2*1H. The van der Waals surface area contributed by atoms with Crippen molar-refractivity contribution in [3.63, 3.8) is 0 Å². The number of halogens is 2. The van der Waals surface area contributed by atoms with Gasteiger partial charge in [0.1, 0.15) is 12.7 Å². The van der Waals surface area contributed by atoms with Crippen LogP contribution in [0.5, 0.6) is 0 Å². The summed E-state index contributed by atoms with van der Waals surface area (Å²) in [5.74, 6) is 0.560. The van der Waals surface area contributed by atoms with Crippen LogP contribution in [0.25, 0.3) is 0 Å². The number of nitrogens with zero attached hydrogens (tertiary/aromatic N) is 3. The van der Waals surface area contributed by atoms with E-state index in [1.807, 2.05) is 24.3 Å². The Morgan fingerprint density at radius 1 is 1.30 bits per heavy atom. The molecule has 126 valence electrons. The van der Waals surface area contributed by atoms with E-state index in [0.717, 1.165) is 30.8 Å². The fourth-order valence-electron chi connectivity index (χ4n) is 2.56. The van der Waals surface area contributed by atoms with Gasteiger partial charge in [0.15, 0.2) is 0 Å². The monoisotopic (exact) mass is 357 g/mol. The molecular formula is C15H21Cl2N5O. The van der Waals surface area contributed by atoms with Gasteiger partial charge in [-0.1, -0.05) is 12.1 Å². The summed E-state index contributed by atoms with van der Waals surface area (Å²) in [5.41, 5.74) is 1.96. The van der Waals surface area contributed by atoms with Crippen LogP contribution in [0.4, 0.5) is 5.69 Å². The molecule has 6 nitrogen and oxygen atoms in total. The number of hydrogen-bond acceptors (Lipinski definition) is 4. The minimum absolute atomic E-state index is 0. The number of nitrogens with one attached hydrogen (secondary N) is 2. The first kappa shape index (κ1) is 19.4. The van der Waals surface area contributed by atoms with E-state index < -0.39 is 0 Å². The topological polar surface area (TPSA) is 71.8 Å². The van der Waals surface area contributed by atoms with Crippen molar-refractivity contribution in [3.05, 3.63) is 42.5 Å². The van der Waals surface area contributed by atoms with Crippen LogP contribution in [-0.2, 0) is 11.3 Å². The molecule has 0 spiro atoms. The molecule has 1 amide bonds. The molecule has 1 atom stereocenters. The average molecular weight is 358 g/mol. The second kappa shape index (κ2) is 9.50. The van der Waals surface area contributed by atoms with Crippen LogP contribution in [0.2, 0.25) is 0 Å².